The van der Waals surface area contributed by atoms with E-state index in [4.69, 9.17) is 14.2 Å². The molecule has 0 aliphatic carbocycles. The molecule has 9 nitrogen and oxygen atoms in total. The molecule has 9 heteroatoms. The van der Waals surface area contributed by atoms with Crippen molar-refractivity contribution in [3.8, 4) is 11.5 Å². The number of hydrogen-bond donors (Lipinski definition) is 2. The molecule has 27 heavy (non-hydrogen) atoms. The number of hydrogen-bond acceptors (Lipinski definition) is 7. The molecule has 1 amide bonds. The molecule has 0 aromatic heterocycles. The van der Waals surface area contributed by atoms with Crippen LogP contribution in [-0.2, 0) is 16.0 Å². The van der Waals surface area contributed by atoms with Crippen LogP contribution in [-0.4, -0.2) is 58.4 Å². The first kappa shape index (κ1) is 20.9. The zero-order valence-corrected chi connectivity index (χ0v) is 16.0. The number of methoxy groups -OCH3 is 3. The smallest absolute Gasteiger partial charge is 0.276 e. The largest absolute Gasteiger partial charge is 0.493 e. The molecule has 1 aromatic carbocycles. The van der Waals surface area contributed by atoms with Crippen LogP contribution >= 0.6 is 0 Å². The fourth-order valence-corrected chi connectivity index (χ4v) is 3.40. The van der Waals surface area contributed by atoms with Crippen LogP contribution in [0.5, 0.6) is 11.5 Å². The van der Waals surface area contributed by atoms with Gasteiger partial charge >= 0.3 is 0 Å². The minimum Gasteiger partial charge on any atom is -0.493 e. The second-order valence-corrected chi connectivity index (χ2v) is 6.56. The van der Waals surface area contributed by atoms with Crippen LogP contribution in [0.1, 0.15) is 18.4 Å². The highest BCUT2D eigenvalue weighted by Crippen LogP contribution is 2.35. The Bertz CT molecular complexity index is 668. The molecule has 0 bridgehead atoms. The Balaban J connectivity index is 2.09. The summed E-state index contributed by atoms with van der Waals surface area (Å²) >= 11 is 0. The van der Waals surface area contributed by atoms with Gasteiger partial charge in [-0.2, -0.15) is 0 Å². The number of nitrogens with zero attached hydrogens (tertiary/aromatic N) is 1. The van der Waals surface area contributed by atoms with E-state index in [2.05, 4.69) is 10.6 Å². The van der Waals surface area contributed by atoms with E-state index < -0.39 is 10.3 Å². The first-order valence-corrected chi connectivity index (χ1v) is 8.84. The van der Waals surface area contributed by atoms with Crippen molar-refractivity contribution in [2.45, 2.75) is 19.3 Å². The Hall–Kier alpha value is -2.39. The van der Waals surface area contributed by atoms with Gasteiger partial charge in [-0.15, -0.1) is 0 Å². The van der Waals surface area contributed by atoms with Gasteiger partial charge in [0.15, 0.2) is 11.5 Å². The summed E-state index contributed by atoms with van der Waals surface area (Å²) in [5, 5.41) is 17.5. The van der Waals surface area contributed by atoms with Gasteiger partial charge < -0.3 is 24.8 Å². The van der Waals surface area contributed by atoms with Crippen molar-refractivity contribution in [1.29, 1.82) is 0 Å². The van der Waals surface area contributed by atoms with E-state index in [9.17, 15) is 14.9 Å². The van der Waals surface area contributed by atoms with E-state index in [-0.39, 0.29) is 18.1 Å². The molecule has 0 spiro atoms. The summed E-state index contributed by atoms with van der Waals surface area (Å²) in [5.74, 6) is 0.637. The normalized spacial score (nSPS) is 15.8. The van der Waals surface area contributed by atoms with Crippen LogP contribution in [0.4, 0.5) is 5.69 Å². The monoisotopic (exact) mass is 381 g/mol. The first-order valence-electron chi connectivity index (χ1n) is 8.84. The molecule has 0 unspecified atom stereocenters. The Morgan fingerprint density at radius 1 is 1.22 bits per heavy atom. The van der Waals surface area contributed by atoms with Crippen molar-refractivity contribution < 1.29 is 23.9 Å². The lowest BCUT2D eigenvalue weighted by Gasteiger charge is -2.35. The summed E-state index contributed by atoms with van der Waals surface area (Å²) in [6.45, 7) is 2.17. The molecule has 0 saturated carbocycles. The SMILES string of the molecule is COCC1(C(=O)NCCc2cc(OC)c(OC)cc2[N+](=O)[O-])CCNCC1. The molecule has 1 saturated heterocycles. The Labute approximate surface area is 158 Å². The Kier molecular flexibility index (Phi) is 7.37. The molecule has 0 radical (unpaired) electrons. The first-order chi connectivity index (χ1) is 13.0. The molecule has 2 N–H and O–H groups in total. The van der Waals surface area contributed by atoms with Crippen LogP contribution < -0.4 is 20.1 Å². The second-order valence-electron chi connectivity index (χ2n) is 6.56. The number of benzene rings is 1. The van der Waals surface area contributed by atoms with Crippen LogP contribution in [0, 0.1) is 15.5 Å². The summed E-state index contributed by atoms with van der Waals surface area (Å²) in [4.78, 5) is 23.7. The molecule has 1 aromatic rings. The highest BCUT2D eigenvalue weighted by molar-refractivity contribution is 5.83. The molecule has 150 valence electrons. The van der Waals surface area contributed by atoms with Gasteiger partial charge in [-0.1, -0.05) is 0 Å². The molecule has 1 fully saturated rings. The van der Waals surface area contributed by atoms with Crippen LogP contribution in [0.25, 0.3) is 0 Å². The van der Waals surface area contributed by atoms with Gasteiger partial charge in [0.25, 0.3) is 5.69 Å². The standard InChI is InChI=1S/C18H27N3O6/c1-25-12-18(5-8-19-9-6-18)17(22)20-7-4-13-10-15(26-2)16(27-3)11-14(13)21(23)24/h10-11,19H,4-9,12H2,1-3H3,(H,20,22). The van der Waals surface area contributed by atoms with E-state index in [0.29, 0.717) is 42.9 Å². The van der Waals surface area contributed by atoms with E-state index in [1.165, 1.54) is 20.3 Å². The summed E-state index contributed by atoms with van der Waals surface area (Å²) in [7, 11) is 4.49. The maximum Gasteiger partial charge on any atom is 0.276 e. The minimum atomic E-state index is -0.552. The highest BCUT2D eigenvalue weighted by Gasteiger charge is 2.39. The number of carbonyl (C=O) groups is 1. The van der Waals surface area contributed by atoms with Crippen LogP contribution in [0.15, 0.2) is 12.1 Å². The lowest BCUT2D eigenvalue weighted by molar-refractivity contribution is -0.385. The zero-order chi connectivity index (χ0) is 19.9. The van der Waals surface area contributed by atoms with E-state index in [1.54, 1.807) is 13.2 Å². The number of piperidine rings is 1. The van der Waals surface area contributed by atoms with Gasteiger partial charge in [-0.05, 0) is 38.4 Å². The van der Waals surface area contributed by atoms with Crippen molar-refractivity contribution in [3.05, 3.63) is 27.8 Å². The third-order valence-electron chi connectivity index (χ3n) is 4.92. The molecule has 1 heterocycles. The topological polar surface area (TPSA) is 112 Å². The van der Waals surface area contributed by atoms with Crippen LogP contribution in [0.3, 0.4) is 0 Å². The van der Waals surface area contributed by atoms with Gasteiger partial charge in [0.1, 0.15) is 0 Å². The lowest BCUT2D eigenvalue weighted by atomic mass is 9.78. The lowest BCUT2D eigenvalue weighted by Crippen LogP contribution is -2.50. The van der Waals surface area contributed by atoms with Crippen molar-refractivity contribution in [1.82, 2.24) is 10.6 Å². The second kappa shape index (κ2) is 9.52. The quantitative estimate of drug-likeness (QED) is 0.489. The number of nitrogens with one attached hydrogen (secondary N) is 2. The number of carbonyl (C=O) groups excluding carboxylic acids is 1. The van der Waals surface area contributed by atoms with Gasteiger partial charge in [-0.3, -0.25) is 14.9 Å². The maximum atomic E-state index is 12.7. The molecule has 1 aliphatic rings. The minimum absolute atomic E-state index is 0.0598. The number of nitro groups is 1. The average Bonchev–Trinajstić information content (AvgIpc) is 2.68. The summed E-state index contributed by atoms with van der Waals surface area (Å²) < 4.78 is 15.6. The van der Waals surface area contributed by atoms with Crippen molar-refractivity contribution >= 4 is 11.6 Å². The fraction of sp³-hybridized carbons (Fsp3) is 0.611. The summed E-state index contributed by atoms with van der Waals surface area (Å²) in [5.41, 5.74) is -0.136. The molecular formula is C18H27N3O6. The Morgan fingerprint density at radius 3 is 2.41 bits per heavy atom. The predicted molar refractivity (Wildman–Crippen MR) is 99.3 cm³/mol. The summed E-state index contributed by atoms with van der Waals surface area (Å²) in [6.07, 6.45) is 1.70. The van der Waals surface area contributed by atoms with Crippen LogP contribution in [0.2, 0.25) is 0 Å². The van der Waals surface area contributed by atoms with Gasteiger partial charge in [0.2, 0.25) is 5.91 Å². The highest BCUT2D eigenvalue weighted by atomic mass is 16.6. The number of ether oxygens (including phenoxy) is 3. The number of rotatable bonds is 9. The maximum absolute atomic E-state index is 12.7. The molecule has 0 atom stereocenters. The number of amides is 1. The average molecular weight is 381 g/mol. The van der Waals surface area contributed by atoms with E-state index in [0.717, 1.165) is 13.1 Å². The van der Waals surface area contributed by atoms with Gasteiger partial charge in [0.05, 0.1) is 37.2 Å². The van der Waals surface area contributed by atoms with Gasteiger partial charge in [-0.25, -0.2) is 0 Å². The fourth-order valence-electron chi connectivity index (χ4n) is 3.40. The third kappa shape index (κ3) is 4.86. The predicted octanol–water partition coefficient (Wildman–Crippen LogP) is 1.29. The Morgan fingerprint density at radius 2 is 1.85 bits per heavy atom. The van der Waals surface area contributed by atoms with Crippen molar-refractivity contribution in [2.75, 3.05) is 47.6 Å². The molecular weight excluding hydrogens is 354 g/mol. The molecule has 1 aliphatic heterocycles. The van der Waals surface area contributed by atoms with Crippen molar-refractivity contribution in [3.63, 3.8) is 0 Å². The van der Waals surface area contributed by atoms with E-state index >= 15 is 0 Å². The third-order valence-corrected chi connectivity index (χ3v) is 4.92. The van der Waals surface area contributed by atoms with Crippen molar-refractivity contribution in [2.24, 2.45) is 5.41 Å². The van der Waals surface area contributed by atoms with E-state index in [1.807, 2.05) is 0 Å². The number of nitro benzene ring substituents is 1. The molecule has 2 rings (SSSR count). The van der Waals surface area contributed by atoms with Gasteiger partial charge in [0, 0.05) is 19.2 Å². The zero-order valence-electron chi connectivity index (χ0n) is 16.0. The summed E-state index contributed by atoms with van der Waals surface area (Å²) in [6, 6.07) is 2.92.